The minimum Gasteiger partial charge on any atom is -0.505 e. The van der Waals surface area contributed by atoms with Gasteiger partial charge in [-0.05, 0) is 25.7 Å². The van der Waals surface area contributed by atoms with Crippen LogP contribution >= 0.6 is 0 Å². The van der Waals surface area contributed by atoms with E-state index in [9.17, 15) is 5.11 Å². The van der Waals surface area contributed by atoms with Crippen molar-refractivity contribution in [3.63, 3.8) is 0 Å². The van der Waals surface area contributed by atoms with E-state index < -0.39 is 0 Å². The van der Waals surface area contributed by atoms with Crippen LogP contribution in [0.25, 0.3) is 0 Å². The van der Waals surface area contributed by atoms with Gasteiger partial charge in [0.2, 0.25) is 0 Å². The summed E-state index contributed by atoms with van der Waals surface area (Å²) in [5, 5.41) is 13.3. The highest BCUT2D eigenvalue weighted by molar-refractivity contribution is 5.09. The molecule has 1 heterocycles. The van der Waals surface area contributed by atoms with Crippen LogP contribution in [0.5, 0.6) is 5.75 Å². The molecule has 0 aromatic carbocycles. The number of methoxy groups -OCH3 is 1. The van der Waals surface area contributed by atoms with Gasteiger partial charge in [0.05, 0.1) is 24.5 Å². The Balaban J connectivity index is 2.04. The monoisotopic (exact) mass is 196 g/mol. The normalized spacial score (nSPS) is 27.8. The summed E-state index contributed by atoms with van der Waals surface area (Å²) in [5.41, 5.74) is 0. The molecule has 1 fully saturated rings. The summed E-state index contributed by atoms with van der Waals surface area (Å²) >= 11 is 0. The molecular weight excluding hydrogens is 180 g/mol. The fourth-order valence-corrected chi connectivity index (χ4v) is 2.10. The molecule has 14 heavy (non-hydrogen) atoms. The maximum Gasteiger partial charge on any atom is 0.153 e. The molecule has 0 bridgehead atoms. The molecule has 0 aliphatic heterocycles. The average molecular weight is 196 g/mol. The van der Waals surface area contributed by atoms with Crippen LogP contribution in [0.15, 0.2) is 12.4 Å². The largest absolute Gasteiger partial charge is 0.505 e. The van der Waals surface area contributed by atoms with E-state index in [-0.39, 0.29) is 5.75 Å². The van der Waals surface area contributed by atoms with E-state index in [2.05, 4.69) is 5.10 Å². The Bertz CT molecular complexity index is 298. The van der Waals surface area contributed by atoms with Crippen LogP contribution in [0.1, 0.15) is 31.7 Å². The molecule has 1 aromatic rings. The van der Waals surface area contributed by atoms with E-state index in [0.29, 0.717) is 12.1 Å². The fraction of sp³-hybridized carbons (Fsp3) is 0.700. The van der Waals surface area contributed by atoms with Gasteiger partial charge in [-0.3, -0.25) is 4.68 Å². The van der Waals surface area contributed by atoms with Crippen molar-refractivity contribution in [1.82, 2.24) is 9.78 Å². The second kappa shape index (κ2) is 4.00. The predicted octanol–water partition coefficient (Wildman–Crippen LogP) is 1.72. The molecule has 1 saturated carbocycles. The van der Waals surface area contributed by atoms with E-state index >= 15 is 0 Å². The van der Waals surface area contributed by atoms with Crippen molar-refractivity contribution in [3.05, 3.63) is 12.4 Å². The van der Waals surface area contributed by atoms with Gasteiger partial charge in [-0.1, -0.05) is 0 Å². The summed E-state index contributed by atoms with van der Waals surface area (Å²) in [5.74, 6) is 0.240. The molecule has 4 nitrogen and oxygen atoms in total. The minimum atomic E-state index is 0.240. The highest BCUT2D eigenvalue weighted by Crippen LogP contribution is 2.30. The summed E-state index contributed by atoms with van der Waals surface area (Å²) in [6, 6.07) is 0.384. The molecule has 0 amide bonds. The molecule has 78 valence electrons. The van der Waals surface area contributed by atoms with Crippen molar-refractivity contribution >= 4 is 0 Å². The van der Waals surface area contributed by atoms with E-state index in [1.54, 1.807) is 13.3 Å². The van der Waals surface area contributed by atoms with Crippen LogP contribution in [0.3, 0.4) is 0 Å². The zero-order valence-electron chi connectivity index (χ0n) is 8.39. The fourth-order valence-electron chi connectivity index (χ4n) is 2.10. The Labute approximate surface area is 83.5 Å². The van der Waals surface area contributed by atoms with E-state index in [0.717, 1.165) is 19.3 Å². The molecular formula is C10H16N2O2. The second-order valence-corrected chi connectivity index (χ2v) is 3.86. The highest BCUT2D eigenvalue weighted by Gasteiger charge is 2.23. The quantitative estimate of drug-likeness (QED) is 0.783. The number of nitrogens with zero attached hydrogens (tertiary/aromatic N) is 2. The van der Waals surface area contributed by atoms with Gasteiger partial charge < -0.3 is 9.84 Å². The lowest BCUT2D eigenvalue weighted by Crippen LogP contribution is -2.24. The molecule has 2 unspecified atom stereocenters. The topological polar surface area (TPSA) is 47.3 Å². The Morgan fingerprint density at radius 1 is 1.57 bits per heavy atom. The summed E-state index contributed by atoms with van der Waals surface area (Å²) in [6.45, 7) is 0. The first-order chi connectivity index (χ1) is 6.79. The molecule has 1 N–H and O–H groups in total. The molecule has 1 aromatic heterocycles. The molecule has 4 heteroatoms. The molecule has 2 atom stereocenters. The lowest BCUT2D eigenvalue weighted by atomic mass is 9.93. The Morgan fingerprint density at radius 3 is 3.07 bits per heavy atom. The van der Waals surface area contributed by atoms with Gasteiger partial charge in [-0.2, -0.15) is 5.10 Å². The first-order valence-corrected chi connectivity index (χ1v) is 5.05. The standard InChI is InChI=1S/C10H16N2O2/c1-14-10-4-2-3-8(5-10)12-7-9(13)6-11-12/h6-8,10,13H,2-5H2,1H3. The minimum absolute atomic E-state index is 0.240. The van der Waals surface area contributed by atoms with Crippen LogP contribution in [0.2, 0.25) is 0 Å². The van der Waals surface area contributed by atoms with Gasteiger partial charge in [0.15, 0.2) is 5.75 Å². The summed E-state index contributed by atoms with van der Waals surface area (Å²) in [4.78, 5) is 0. The number of rotatable bonds is 2. The third-order valence-electron chi connectivity index (χ3n) is 2.89. The lowest BCUT2D eigenvalue weighted by molar-refractivity contribution is 0.0507. The van der Waals surface area contributed by atoms with Gasteiger partial charge in [-0.25, -0.2) is 0 Å². The van der Waals surface area contributed by atoms with E-state index in [4.69, 9.17) is 4.74 Å². The maximum absolute atomic E-state index is 9.19. The predicted molar refractivity (Wildman–Crippen MR) is 52.2 cm³/mol. The first-order valence-electron chi connectivity index (χ1n) is 5.05. The first kappa shape index (κ1) is 9.52. The lowest BCUT2D eigenvalue weighted by Gasteiger charge is -2.28. The molecule has 1 aliphatic rings. The van der Waals surface area contributed by atoms with Crippen molar-refractivity contribution in [3.8, 4) is 5.75 Å². The molecule has 0 radical (unpaired) electrons. The Morgan fingerprint density at radius 2 is 2.43 bits per heavy atom. The van der Waals surface area contributed by atoms with Crippen LogP contribution < -0.4 is 0 Å². The van der Waals surface area contributed by atoms with E-state index in [1.807, 2.05) is 4.68 Å². The summed E-state index contributed by atoms with van der Waals surface area (Å²) in [6.07, 6.45) is 7.95. The molecule has 1 aliphatic carbocycles. The molecule has 0 spiro atoms. The van der Waals surface area contributed by atoms with Crippen molar-refractivity contribution in [2.45, 2.75) is 37.8 Å². The van der Waals surface area contributed by atoms with Crippen LogP contribution in [-0.2, 0) is 4.74 Å². The van der Waals surface area contributed by atoms with Crippen LogP contribution in [0.4, 0.5) is 0 Å². The highest BCUT2D eigenvalue weighted by atomic mass is 16.5. The number of ether oxygens (including phenoxy) is 1. The zero-order chi connectivity index (χ0) is 9.97. The van der Waals surface area contributed by atoms with Gasteiger partial charge >= 0.3 is 0 Å². The molecule has 2 rings (SSSR count). The van der Waals surface area contributed by atoms with Crippen molar-refractivity contribution in [1.29, 1.82) is 0 Å². The SMILES string of the molecule is COC1CCCC(n2cc(O)cn2)C1. The van der Waals surface area contributed by atoms with Crippen molar-refractivity contribution in [2.24, 2.45) is 0 Å². The summed E-state index contributed by atoms with van der Waals surface area (Å²) < 4.78 is 7.19. The number of aromatic nitrogens is 2. The van der Waals surface area contributed by atoms with Crippen LogP contribution in [-0.4, -0.2) is 28.1 Å². The Kier molecular flexibility index (Phi) is 2.72. The van der Waals surface area contributed by atoms with E-state index in [1.165, 1.54) is 12.6 Å². The third-order valence-corrected chi connectivity index (χ3v) is 2.89. The van der Waals surface area contributed by atoms with Gasteiger partial charge in [0.25, 0.3) is 0 Å². The van der Waals surface area contributed by atoms with Crippen molar-refractivity contribution in [2.75, 3.05) is 7.11 Å². The maximum atomic E-state index is 9.19. The number of hydrogen-bond acceptors (Lipinski definition) is 3. The zero-order valence-corrected chi connectivity index (χ0v) is 8.39. The van der Waals surface area contributed by atoms with Gasteiger partial charge in [0.1, 0.15) is 0 Å². The number of hydrogen-bond donors (Lipinski definition) is 1. The Hall–Kier alpha value is -1.03. The van der Waals surface area contributed by atoms with Crippen molar-refractivity contribution < 1.29 is 9.84 Å². The molecule has 0 saturated heterocycles. The summed E-state index contributed by atoms with van der Waals surface area (Å²) in [7, 11) is 1.76. The number of aromatic hydroxyl groups is 1. The third kappa shape index (κ3) is 1.90. The van der Waals surface area contributed by atoms with Crippen LogP contribution in [0, 0.1) is 0 Å². The van der Waals surface area contributed by atoms with Gasteiger partial charge in [-0.15, -0.1) is 0 Å². The second-order valence-electron chi connectivity index (χ2n) is 3.86. The smallest absolute Gasteiger partial charge is 0.153 e. The average Bonchev–Trinajstić information content (AvgIpc) is 2.65. The van der Waals surface area contributed by atoms with Gasteiger partial charge in [0, 0.05) is 7.11 Å².